The van der Waals surface area contributed by atoms with Crippen molar-refractivity contribution < 1.29 is 14.3 Å². The van der Waals surface area contributed by atoms with Crippen molar-refractivity contribution in [2.75, 3.05) is 40.5 Å². The van der Waals surface area contributed by atoms with Gasteiger partial charge in [0.05, 0.1) is 23.5 Å². The fraction of sp³-hybridized carbons (Fsp3) is 0.533. The molecule has 0 spiro atoms. The molecule has 2 aromatic rings. The maximum atomic E-state index is 12.8. The average molecular weight is 339 g/mol. The van der Waals surface area contributed by atoms with Gasteiger partial charge in [0.1, 0.15) is 10.7 Å². The zero-order valence-corrected chi connectivity index (χ0v) is 14.6. The number of rotatable bonds is 7. The van der Waals surface area contributed by atoms with Gasteiger partial charge in [-0.15, -0.1) is 11.3 Å². The first-order valence-corrected chi connectivity index (χ1v) is 8.08. The molecular formula is C15H21N3O4S. The van der Waals surface area contributed by atoms with Crippen molar-refractivity contribution in [1.82, 2.24) is 14.9 Å². The van der Waals surface area contributed by atoms with Gasteiger partial charge in [-0.3, -0.25) is 9.59 Å². The number of methoxy groups -OCH3 is 2. The minimum absolute atomic E-state index is 0.128. The number of H-pyrrole nitrogens is 1. The highest BCUT2D eigenvalue weighted by atomic mass is 32.1. The van der Waals surface area contributed by atoms with E-state index in [0.717, 1.165) is 0 Å². The van der Waals surface area contributed by atoms with Crippen molar-refractivity contribution >= 4 is 27.5 Å². The molecule has 0 aliphatic carbocycles. The Bertz CT molecular complexity index is 745. The summed E-state index contributed by atoms with van der Waals surface area (Å²) in [6.07, 6.45) is 0. The molecule has 2 heterocycles. The van der Waals surface area contributed by atoms with E-state index < -0.39 is 0 Å². The molecule has 126 valence electrons. The summed E-state index contributed by atoms with van der Waals surface area (Å²) in [4.78, 5) is 34.7. The highest BCUT2D eigenvalue weighted by Gasteiger charge is 2.23. The Morgan fingerprint density at radius 2 is 1.83 bits per heavy atom. The molecule has 0 saturated heterocycles. The average Bonchev–Trinajstić information content (AvgIpc) is 2.83. The molecule has 2 aromatic heterocycles. The van der Waals surface area contributed by atoms with Crippen LogP contribution in [0.1, 0.15) is 21.1 Å². The minimum Gasteiger partial charge on any atom is -0.383 e. The van der Waals surface area contributed by atoms with E-state index in [-0.39, 0.29) is 11.5 Å². The molecule has 0 aliphatic heterocycles. The van der Waals surface area contributed by atoms with Crippen molar-refractivity contribution in [1.29, 1.82) is 0 Å². The third kappa shape index (κ3) is 3.77. The van der Waals surface area contributed by atoms with E-state index in [2.05, 4.69) is 9.97 Å². The number of amides is 1. The number of nitrogens with zero attached hydrogens (tertiary/aromatic N) is 2. The fourth-order valence-electron chi connectivity index (χ4n) is 2.32. The smallest absolute Gasteiger partial charge is 0.264 e. The van der Waals surface area contributed by atoms with Gasteiger partial charge in [-0.05, 0) is 19.4 Å². The summed E-state index contributed by atoms with van der Waals surface area (Å²) in [5, 5.41) is 0.488. The van der Waals surface area contributed by atoms with Crippen LogP contribution < -0.4 is 5.56 Å². The fourth-order valence-corrected chi connectivity index (χ4v) is 3.51. The Balaban J connectivity index is 2.40. The van der Waals surface area contributed by atoms with E-state index in [4.69, 9.17) is 9.47 Å². The molecule has 0 bridgehead atoms. The second-order valence-electron chi connectivity index (χ2n) is 5.17. The molecule has 7 nitrogen and oxygen atoms in total. The number of hydrogen-bond acceptors (Lipinski definition) is 6. The second-order valence-corrected chi connectivity index (χ2v) is 6.16. The highest BCUT2D eigenvalue weighted by Crippen LogP contribution is 2.28. The van der Waals surface area contributed by atoms with Gasteiger partial charge in [0.15, 0.2) is 0 Å². The maximum Gasteiger partial charge on any atom is 0.264 e. The molecule has 0 aliphatic rings. The predicted molar refractivity (Wildman–Crippen MR) is 89.4 cm³/mol. The van der Waals surface area contributed by atoms with Crippen LogP contribution in [0.3, 0.4) is 0 Å². The lowest BCUT2D eigenvalue weighted by atomic mass is 10.2. The van der Waals surface area contributed by atoms with Gasteiger partial charge >= 0.3 is 0 Å². The molecule has 0 atom stereocenters. The van der Waals surface area contributed by atoms with Gasteiger partial charge < -0.3 is 19.4 Å². The van der Waals surface area contributed by atoms with E-state index >= 15 is 0 Å². The zero-order chi connectivity index (χ0) is 17.0. The van der Waals surface area contributed by atoms with Crippen LogP contribution in [0.5, 0.6) is 0 Å². The Hall–Kier alpha value is -1.77. The van der Waals surface area contributed by atoms with Crippen LogP contribution in [0.4, 0.5) is 0 Å². The molecule has 0 fully saturated rings. The van der Waals surface area contributed by atoms with Crippen LogP contribution in [0.2, 0.25) is 0 Å². The molecular weight excluding hydrogens is 318 g/mol. The molecule has 23 heavy (non-hydrogen) atoms. The van der Waals surface area contributed by atoms with Crippen molar-refractivity contribution in [2.24, 2.45) is 0 Å². The monoisotopic (exact) mass is 339 g/mol. The van der Waals surface area contributed by atoms with E-state index in [1.54, 1.807) is 33.0 Å². The minimum atomic E-state index is -0.208. The summed E-state index contributed by atoms with van der Waals surface area (Å²) in [6.45, 7) is 5.32. The first-order chi connectivity index (χ1) is 11.0. The molecule has 0 saturated carbocycles. The van der Waals surface area contributed by atoms with Gasteiger partial charge in [-0.2, -0.15) is 0 Å². The molecule has 2 rings (SSSR count). The summed E-state index contributed by atoms with van der Waals surface area (Å²) < 4.78 is 10.1. The van der Waals surface area contributed by atoms with Crippen molar-refractivity contribution in [3.8, 4) is 0 Å². The number of fused-ring (bicyclic) bond motifs is 1. The lowest BCUT2D eigenvalue weighted by Gasteiger charge is -2.21. The third-order valence-electron chi connectivity index (χ3n) is 3.53. The maximum absolute atomic E-state index is 12.8. The number of hydrogen-bond donors (Lipinski definition) is 1. The van der Waals surface area contributed by atoms with E-state index in [1.165, 1.54) is 11.3 Å². The highest BCUT2D eigenvalue weighted by molar-refractivity contribution is 7.20. The number of carbonyl (C=O) groups is 1. The number of aryl methyl sites for hydroxylation is 2. The number of carbonyl (C=O) groups excluding carboxylic acids is 1. The zero-order valence-electron chi connectivity index (χ0n) is 13.8. The lowest BCUT2D eigenvalue weighted by Crippen LogP contribution is -2.36. The first kappa shape index (κ1) is 17.6. The van der Waals surface area contributed by atoms with Gasteiger partial charge in [0.25, 0.3) is 11.5 Å². The number of nitrogens with one attached hydrogen (secondary N) is 1. The number of aromatic nitrogens is 2. The summed E-state index contributed by atoms with van der Waals surface area (Å²) >= 11 is 1.25. The summed E-state index contributed by atoms with van der Waals surface area (Å²) in [5.74, 6) is 0.412. The Morgan fingerprint density at radius 3 is 2.39 bits per heavy atom. The summed E-state index contributed by atoms with van der Waals surface area (Å²) in [5.41, 5.74) is 0.462. The summed E-state index contributed by atoms with van der Waals surface area (Å²) in [6, 6.07) is 0. The van der Waals surface area contributed by atoms with Crippen molar-refractivity contribution in [2.45, 2.75) is 13.8 Å². The Kier molecular flexibility index (Phi) is 5.86. The van der Waals surface area contributed by atoms with Gasteiger partial charge in [0, 0.05) is 27.3 Å². The normalized spacial score (nSPS) is 11.1. The van der Waals surface area contributed by atoms with Crippen LogP contribution >= 0.6 is 11.3 Å². The third-order valence-corrected chi connectivity index (χ3v) is 4.70. The lowest BCUT2D eigenvalue weighted by molar-refractivity contribution is 0.0631. The van der Waals surface area contributed by atoms with Crippen LogP contribution in [-0.2, 0) is 9.47 Å². The van der Waals surface area contributed by atoms with E-state index in [0.29, 0.717) is 52.8 Å². The number of thiophene rings is 1. The SMILES string of the molecule is COCCN(CCOC)C(=O)c1sc2nc(C)[nH]c(=O)c2c1C. The van der Waals surface area contributed by atoms with Gasteiger partial charge in [0.2, 0.25) is 0 Å². The summed E-state index contributed by atoms with van der Waals surface area (Å²) in [7, 11) is 3.19. The van der Waals surface area contributed by atoms with E-state index in [1.807, 2.05) is 0 Å². The van der Waals surface area contributed by atoms with Crippen LogP contribution in [0.25, 0.3) is 10.2 Å². The molecule has 1 amide bonds. The topological polar surface area (TPSA) is 84.5 Å². The molecule has 0 radical (unpaired) electrons. The quantitative estimate of drug-likeness (QED) is 0.823. The first-order valence-electron chi connectivity index (χ1n) is 7.26. The predicted octanol–water partition coefficient (Wildman–Crippen LogP) is 1.34. The Labute approximate surface area is 138 Å². The van der Waals surface area contributed by atoms with Gasteiger partial charge in [-0.1, -0.05) is 0 Å². The van der Waals surface area contributed by atoms with Crippen molar-refractivity contribution in [3.63, 3.8) is 0 Å². The van der Waals surface area contributed by atoms with Gasteiger partial charge in [-0.25, -0.2) is 4.98 Å². The number of aromatic amines is 1. The van der Waals surface area contributed by atoms with Crippen molar-refractivity contribution in [3.05, 3.63) is 26.6 Å². The van der Waals surface area contributed by atoms with Crippen LogP contribution in [-0.4, -0.2) is 61.3 Å². The molecule has 1 N–H and O–H groups in total. The van der Waals surface area contributed by atoms with Crippen LogP contribution in [0.15, 0.2) is 4.79 Å². The largest absolute Gasteiger partial charge is 0.383 e. The second kappa shape index (κ2) is 7.67. The standard InChI is InChI=1S/C15H21N3O4S/c1-9-11-13(19)16-10(2)17-14(11)23-12(9)15(20)18(5-7-21-3)6-8-22-4/h5-8H2,1-4H3,(H,16,17,19). The van der Waals surface area contributed by atoms with Crippen LogP contribution in [0, 0.1) is 13.8 Å². The molecule has 8 heteroatoms. The molecule has 0 aromatic carbocycles. The number of ether oxygens (including phenoxy) is 2. The Morgan fingerprint density at radius 1 is 1.22 bits per heavy atom. The van der Waals surface area contributed by atoms with E-state index in [9.17, 15) is 9.59 Å². The molecule has 0 unspecified atom stereocenters.